The molecule has 0 spiro atoms. The number of rotatable bonds is 4. The summed E-state index contributed by atoms with van der Waals surface area (Å²) in [5.41, 5.74) is 2.07. The first-order chi connectivity index (χ1) is 19.9. The fourth-order valence-electron chi connectivity index (χ4n) is 12.2. The Morgan fingerprint density at radius 3 is 1.23 bits per heavy atom. The van der Waals surface area contributed by atoms with Gasteiger partial charge in [-0.3, -0.25) is 0 Å². The van der Waals surface area contributed by atoms with E-state index in [0.717, 1.165) is 18.7 Å². The first-order valence-corrected chi connectivity index (χ1v) is 17.6. The van der Waals surface area contributed by atoms with Crippen molar-refractivity contribution in [1.29, 1.82) is 0 Å². The molecule has 2 aliphatic carbocycles. The lowest BCUT2D eigenvalue weighted by Crippen LogP contribution is -2.84. The molecule has 0 aromatic rings. The number of hydrogen-bond acceptors (Lipinski definition) is 6. The Bertz CT molecular complexity index is 1300. The lowest BCUT2D eigenvalue weighted by molar-refractivity contribution is -0.542. The van der Waals surface area contributed by atoms with E-state index in [1.165, 1.54) is 22.3 Å². The fourth-order valence-corrected chi connectivity index (χ4v) is 14.4. The Morgan fingerprint density at radius 2 is 0.930 bits per heavy atom. The van der Waals surface area contributed by atoms with Crippen LogP contribution in [0.2, 0.25) is 0 Å². The van der Waals surface area contributed by atoms with Crippen LogP contribution >= 0.6 is 18.5 Å². The zero-order chi connectivity index (χ0) is 30.7. The van der Waals surface area contributed by atoms with Crippen LogP contribution < -0.4 is 0 Å². The van der Waals surface area contributed by atoms with E-state index in [9.17, 15) is 0 Å². The number of allylic oxidation sites excluding steroid dienone is 8. The van der Waals surface area contributed by atoms with Gasteiger partial charge in [-0.05, 0) is 96.4 Å². The van der Waals surface area contributed by atoms with Crippen molar-refractivity contribution in [1.82, 2.24) is 0 Å². The second-order valence-electron chi connectivity index (χ2n) is 16.1. The maximum absolute atomic E-state index is 7.12. The van der Waals surface area contributed by atoms with Gasteiger partial charge in [-0.15, -0.1) is 18.5 Å². The van der Waals surface area contributed by atoms with Crippen LogP contribution in [0.4, 0.5) is 0 Å². The van der Waals surface area contributed by atoms with Gasteiger partial charge in [0.15, 0.2) is 23.1 Å². The summed E-state index contributed by atoms with van der Waals surface area (Å²) in [4.78, 5) is 0. The third-order valence-corrected chi connectivity index (χ3v) is 13.8. The van der Waals surface area contributed by atoms with Crippen LogP contribution in [-0.2, 0) is 28.4 Å². The van der Waals surface area contributed by atoms with Crippen LogP contribution in [0.5, 0.6) is 0 Å². The second-order valence-corrected chi connectivity index (χ2v) is 16.9. The van der Waals surface area contributed by atoms with Crippen LogP contribution in [0.15, 0.2) is 58.7 Å². The summed E-state index contributed by atoms with van der Waals surface area (Å²) in [5.74, 6) is -2.81. The van der Waals surface area contributed by atoms with E-state index in [2.05, 4.69) is 110 Å². The molecule has 0 N–H and O–H groups in total. The minimum absolute atomic E-state index is 0.478. The number of hydrogen-bond donors (Lipinski definition) is 0. The van der Waals surface area contributed by atoms with E-state index < -0.39 is 56.4 Å². The smallest absolute Gasteiger partial charge is 0.172 e. The van der Waals surface area contributed by atoms with Crippen molar-refractivity contribution in [3.05, 3.63) is 58.7 Å². The highest BCUT2D eigenvalue weighted by Gasteiger charge is 2.82. The molecular weight excluding hydrogens is 578 g/mol. The fraction of sp³-hybridized carbons (Fsp3) is 0.714. The zero-order valence-electron chi connectivity index (χ0n) is 27.0. The normalized spacial score (nSPS) is 57.6. The molecule has 6 nitrogen and oxygen atoms in total. The van der Waals surface area contributed by atoms with Crippen LogP contribution in [-0.4, -0.2) is 57.9 Å². The Balaban J connectivity index is 1.40. The van der Waals surface area contributed by atoms with Gasteiger partial charge in [0, 0.05) is 25.7 Å². The van der Waals surface area contributed by atoms with Crippen molar-refractivity contribution in [3.8, 4) is 0 Å². The summed E-state index contributed by atoms with van der Waals surface area (Å²) in [5, 5.41) is 0. The van der Waals surface area contributed by atoms with Crippen molar-refractivity contribution in [2.75, 3.05) is 12.3 Å². The molecule has 10 aliphatic rings. The van der Waals surface area contributed by atoms with E-state index >= 15 is 0 Å². The summed E-state index contributed by atoms with van der Waals surface area (Å²) in [6.07, 6.45) is 18.8. The van der Waals surface area contributed by atoms with E-state index in [1.54, 1.807) is 0 Å². The van der Waals surface area contributed by atoms with E-state index in [-0.39, 0.29) is 0 Å². The summed E-state index contributed by atoms with van der Waals surface area (Å²) in [7, 11) is 6.23. The Labute approximate surface area is 261 Å². The van der Waals surface area contributed by atoms with E-state index in [4.69, 9.17) is 28.4 Å². The summed E-state index contributed by atoms with van der Waals surface area (Å²) >= 11 is 0. The van der Waals surface area contributed by atoms with Crippen LogP contribution in [0.1, 0.15) is 87.5 Å². The average molecular weight is 627 g/mol. The third kappa shape index (κ3) is 3.39. The van der Waals surface area contributed by atoms with Gasteiger partial charge in [0.25, 0.3) is 0 Å². The first-order valence-electron chi connectivity index (χ1n) is 16.0. The summed E-state index contributed by atoms with van der Waals surface area (Å²) in [6, 6.07) is 0. The molecule has 10 unspecified atom stereocenters. The monoisotopic (exact) mass is 626 g/mol. The molecule has 8 saturated heterocycles. The average Bonchev–Trinajstić information content (AvgIpc) is 3.25. The van der Waals surface area contributed by atoms with E-state index in [1.807, 2.05) is 0 Å². The minimum atomic E-state index is -0.703. The predicted octanol–water partition coefficient (Wildman–Crippen LogP) is 7.03. The highest BCUT2D eigenvalue weighted by Crippen LogP contribution is 2.76. The second kappa shape index (κ2) is 8.23. The van der Waals surface area contributed by atoms with Crippen molar-refractivity contribution < 1.29 is 28.4 Å². The van der Waals surface area contributed by atoms with Crippen molar-refractivity contribution >= 4 is 18.5 Å². The molecule has 0 radical (unpaired) electrons. The molecule has 8 aliphatic heterocycles. The lowest BCUT2D eigenvalue weighted by Gasteiger charge is -2.77. The first kappa shape index (κ1) is 29.7. The molecular formula is C35H48O6P2. The van der Waals surface area contributed by atoms with Crippen molar-refractivity contribution in [3.63, 3.8) is 0 Å². The van der Waals surface area contributed by atoms with Gasteiger partial charge < -0.3 is 28.4 Å². The highest BCUT2D eigenvalue weighted by molar-refractivity contribution is 7.16. The zero-order valence-corrected chi connectivity index (χ0v) is 29.3. The molecule has 8 heteroatoms. The molecule has 8 fully saturated rings. The Hall–Kier alpha value is -0.680. The standard InChI is InChI=1S/C35H48O6P2/c1-26-16-30(5)37-27(2,17-31(6,36-26)40-30)34(26,20-42)24-14-23(22-12-10-9-11-13-22)15-25(24)35(21-43)28(3)18-32(7)39-29(35,4)19-33(8,38-28)41-32/h9-12,14-15H,13,16-21,42-43H2,1-8H3. The van der Waals surface area contributed by atoms with Crippen molar-refractivity contribution in [2.24, 2.45) is 10.8 Å². The Kier molecular flexibility index (Phi) is 5.69. The maximum atomic E-state index is 7.12. The third-order valence-electron chi connectivity index (χ3n) is 12.5. The quantitative estimate of drug-likeness (QED) is 0.313. The van der Waals surface area contributed by atoms with Gasteiger partial charge in [0.1, 0.15) is 0 Å². The molecule has 43 heavy (non-hydrogen) atoms. The summed E-state index contributed by atoms with van der Waals surface area (Å²) < 4.78 is 41.5. The van der Waals surface area contributed by atoms with Crippen LogP contribution in [0.3, 0.4) is 0 Å². The minimum Gasteiger partial charge on any atom is -0.343 e. The predicted molar refractivity (Wildman–Crippen MR) is 172 cm³/mol. The van der Waals surface area contributed by atoms with Crippen LogP contribution in [0.25, 0.3) is 0 Å². The van der Waals surface area contributed by atoms with Gasteiger partial charge in [-0.1, -0.05) is 36.5 Å². The van der Waals surface area contributed by atoms with Gasteiger partial charge in [-0.25, -0.2) is 0 Å². The molecule has 0 saturated carbocycles. The van der Waals surface area contributed by atoms with Crippen molar-refractivity contribution in [2.45, 2.75) is 133 Å². The lowest BCUT2D eigenvalue weighted by atomic mass is 9.45. The van der Waals surface area contributed by atoms with E-state index in [0.29, 0.717) is 25.7 Å². The molecule has 234 valence electrons. The molecule has 0 aromatic heterocycles. The largest absolute Gasteiger partial charge is 0.343 e. The number of ether oxygens (including phenoxy) is 6. The molecule has 0 amide bonds. The topological polar surface area (TPSA) is 55.4 Å². The molecule has 10 rings (SSSR count). The maximum Gasteiger partial charge on any atom is 0.172 e. The SMILES string of the molecule is CC12CC3(C)OC(C)(CC(C)(O1)C3(CP)C1=CC(=C3C=CC=CC3)C=C1C1(CP)C3(C)CC4(C)OC(C)(CC1(C)O4)O3)O2. The van der Waals surface area contributed by atoms with Crippen LogP contribution in [0, 0.1) is 10.8 Å². The molecule has 10 atom stereocenters. The van der Waals surface area contributed by atoms with Gasteiger partial charge in [-0.2, -0.15) is 0 Å². The molecule has 0 aromatic carbocycles. The van der Waals surface area contributed by atoms with Gasteiger partial charge in [0.2, 0.25) is 0 Å². The Morgan fingerprint density at radius 1 is 0.558 bits per heavy atom. The molecule has 8 heterocycles. The summed E-state index contributed by atoms with van der Waals surface area (Å²) in [6.45, 7) is 17.6. The van der Waals surface area contributed by atoms with Gasteiger partial charge in [0.05, 0.1) is 33.2 Å². The molecule has 8 bridgehead atoms. The highest BCUT2D eigenvalue weighted by atomic mass is 31.0. The van der Waals surface area contributed by atoms with Gasteiger partial charge >= 0.3 is 0 Å².